The number of hydrogen-bond acceptors (Lipinski definition) is 3. The van der Waals surface area contributed by atoms with Crippen LogP contribution in [0.2, 0.25) is 0 Å². The molecular formula is C21H19NO2S. The lowest BCUT2D eigenvalue weighted by Crippen LogP contribution is -2.19. The van der Waals surface area contributed by atoms with Gasteiger partial charge in [-0.2, -0.15) is 0 Å². The van der Waals surface area contributed by atoms with Crippen LogP contribution in [-0.2, 0) is 4.79 Å². The molecule has 1 unspecified atom stereocenters. The van der Waals surface area contributed by atoms with Gasteiger partial charge in [-0.3, -0.25) is 4.79 Å². The second-order valence-corrected chi connectivity index (χ2v) is 6.94. The highest BCUT2D eigenvalue weighted by Crippen LogP contribution is 2.36. The fraction of sp³-hybridized carbons (Fsp3) is 0.0952. The molecule has 3 aromatic carbocycles. The predicted octanol–water partition coefficient (Wildman–Crippen LogP) is 5.17. The lowest BCUT2D eigenvalue weighted by Gasteiger charge is -2.17. The zero-order valence-electron chi connectivity index (χ0n) is 13.8. The van der Waals surface area contributed by atoms with E-state index in [4.69, 9.17) is 0 Å². The monoisotopic (exact) mass is 349 g/mol. The van der Waals surface area contributed by atoms with Gasteiger partial charge < -0.3 is 10.4 Å². The van der Waals surface area contributed by atoms with E-state index in [-0.39, 0.29) is 16.9 Å². The van der Waals surface area contributed by atoms with Gasteiger partial charge >= 0.3 is 0 Å². The van der Waals surface area contributed by atoms with Gasteiger partial charge in [-0.25, -0.2) is 0 Å². The van der Waals surface area contributed by atoms with Crippen molar-refractivity contribution >= 4 is 23.4 Å². The van der Waals surface area contributed by atoms with Gasteiger partial charge in [-0.05, 0) is 48.9 Å². The molecular weight excluding hydrogens is 330 g/mol. The fourth-order valence-corrected chi connectivity index (χ4v) is 3.43. The van der Waals surface area contributed by atoms with Gasteiger partial charge in [0.05, 0.1) is 0 Å². The Hall–Kier alpha value is -2.72. The molecule has 0 saturated carbocycles. The molecule has 0 spiro atoms. The maximum Gasteiger partial charge on any atom is 0.242 e. The van der Waals surface area contributed by atoms with E-state index in [0.717, 1.165) is 21.7 Å². The average Bonchev–Trinajstić information content (AvgIpc) is 2.64. The summed E-state index contributed by atoms with van der Waals surface area (Å²) in [4.78, 5) is 13.8. The Labute approximate surface area is 151 Å². The Kier molecular flexibility index (Phi) is 5.41. The maximum atomic E-state index is 12.9. The number of nitrogens with one attached hydrogen (secondary N) is 1. The third kappa shape index (κ3) is 4.64. The number of amides is 1. The first kappa shape index (κ1) is 17.1. The minimum Gasteiger partial charge on any atom is -0.508 e. The number of thioether (sulfide) groups is 1. The van der Waals surface area contributed by atoms with E-state index in [1.54, 1.807) is 12.1 Å². The highest BCUT2D eigenvalue weighted by molar-refractivity contribution is 8.00. The van der Waals surface area contributed by atoms with Crippen LogP contribution in [0.5, 0.6) is 5.75 Å². The van der Waals surface area contributed by atoms with Gasteiger partial charge in [0.25, 0.3) is 0 Å². The summed E-state index contributed by atoms with van der Waals surface area (Å²) in [6.45, 7) is 2.01. The molecule has 0 saturated heterocycles. The molecule has 0 radical (unpaired) electrons. The number of rotatable bonds is 5. The molecule has 25 heavy (non-hydrogen) atoms. The number of aryl methyl sites for hydroxylation is 1. The maximum absolute atomic E-state index is 12.9. The van der Waals surface area contributed by atoms with Gasteiger partial charge in [0.15, 0.2) is 0 Å². The number of carbonyl (C=O) groups is 1. The third-order valence-electron chi connectivity index (χ3n) is 3.75. The first-order chi connectivity index (χ1) is 12.1. The Morgan fingerprint density at radius 2 is 1.56 bits per heavy atom. The molecule has 3 rings (SSSR count). The first-order valence-corrected chi connectivity index (χ1v) is 8.88. The molecule has 0 aromatic heterocycles. The van der Waals surface area contributed by atoms with Gasteiger partial charge in [0, 0.05) is 10.6 Å². The normalized spacial score (nSPS) is 11.7. The van der Waals surface area contributed by atoms with Crippen LogP contribution in [0.1, 0.15) is 16.4 Å². The summed E-state index contributed by atoms with van der Waals surface area (Å²) in [5.74, 6) is 0.137. The highest BCUT2D eigenvalue weighted by atomic mass is 32.2. The number of carbonyl (C=O) groups excluding carboxylic acids is 1. The van der Waals surface area contributed by atoms with Gasteiger partial charge in [-0.1, -0.05) is 48.0 Å². The van der Waals surface area contributed by atoms with Crippen LogP contribution in [0, 0.1) is 6.92 Å². The van der Waals surface area contributed by atoms with Crippen LogP contribution in [0.4, 0.5) is 5.69 Å². The van der Waals surface area contributed by atoms with Crippen LogP contribution < -0.4 is 5.32 Å². The Balaban J connectivity index is 1.83. The fourth-order valence-electron chi connectivity index (χ4n) is 2.41. The lowest BCUT2D eigenvalue weighted by molar-refractivity contribution is -0.115. The SMILES string of the molecule is Cc1ccc(NC(=O)C(Sc2ccc(O)cc2)c2ccccc2)cc1. The molecule has 1 atom stereocenters. The quantitative estimate of drug-likeness (QED) is 0.625. The van der Waals surface area contributed by atoms with Crippen molar-refractivity contribution in [3.05, 3.63) is 90.0 Å². The summed E-state index contributed by atoms with van der Waals surface area (Å²) in [6.07, 6.45) is 0. The second kappa shape index (κ2) is 7.90. The van der Waals surface area contributed by atoms with E-state index in [1.165, 1.54) is 11.8 Å². The van der Waals surface area contributed by atoms with Crippen molar-refractivity contribution in [2.45, 2.75) is 17.1 Å². The minimum absolute atomic E-state index is 0.0758. The van der Waals surface area contributed by atoms with Crippen molar-refractivity contribution in [2.75, 3.05) is 5.32 Å². The molecule has 1 amide bonds. The van der Waals surface area contributed by atoms with E-state index in [9.17, 15) is 9.90 Å². The van der Waals surface area contributed by atoms with E-state index in [2.05, 4.69) is 5.32 Å². The minimum atomic E-state index is -0.382. The third-order valence-corrected chi connectivity index (χ3v) is 5.02. The molecule has 0 heterocycles. The molecule has 2 N–H and O–H groups in total. The molecule has 0 aliphatic rings. The predicted molar refractivity (Wildman–Crippen MR) is 103 cm³/mol. The highest BCUT2D eigenvalue weighted by Gasteiger charge is 2.22. The topological polar surface area (TPSA) is 49.3 Å². The van der Waals surface area contributed by atoms with Crippen molar-refractivity contribution in [1.29, 1.82) is 0 Å². The summed E-state index contributed by atoms with van der Waals surface area (Å²) in [7, 11) is 0. The Morgan fingerprint density at radius 1 is 0.920 bits per heavy atom. The standard InChI is InChI=1S/C21H19NO2S/c1-15-7-9-17(10-8-15)22-21(24)20(16-5-3-2-4-6-16)25-19-13-11-18(23)12-14-19/h2-14,20,23H,1H3,(H,22,24). The summed E-state index contributed by atoms with van der Waals surface area (Å²) in [5, 5.41) is 12.1. The smallest absolute Gasteiger partial charge is 0.242 e. The second-order valence-electron chi connectivity index (χ2n) is 5.76. The van der Waals surface area contributed by atoms with Crippen LogP contribution in [0.25, 0.3) is 0 Å². The summed E-state index contributed by atoms with van der Waals surface area (Å²) in [6, 6.07) is 24.3. The number of aromatic hydroxyl groups is 1. The molecule has 0 aliphatic carbocycles. The van der Waals surface area contributed by atoms with Gasteiger partial charge in [-0.15, -0.1) is 11.8 Å². The molecule has 4 heteroatoms. The van der Waals surface area contributed by atoms with E-state index >= 15 is 0 Å². The van der Waals surface area contributed by atoms with E-state index < -0.39 is 0 Å². The Bertz CT molecular complexity index is 830. The number of benzene rings is 3. The zero-order chi connectivity index (χ0) is 17.6. The molecule has 126 valence electrons. The number of anilines is 1. The summed E-state index contributed by atoms with van der Waals surface area (Å²) in [5.41, 5.74) is 2.86. The molecule has 3 aromatic rings. The van der Waals surface area contributed by atoms with Crippen LogP contribution in [0.3, 0.4) is 0 Å². The molecule has 3 nitrogen and oxygen atoms in total. The van der Waals surface area contributed by atoms with Crippen molar-refractivity contribution in [3.8, 4) is 5.75 Å². The average molecular weight is 349 g/mol. The van der Waals surface area contributed by atoms with Crippen molar-refractivity contribution in [2.24, 2.45) is 0 Å². The van der Waals surface area contributed by atoms with Gasteiger partial charge in [0.1, 0.15) is 11.0 Å². The van der Waals surface area contributed by atoms with Crippen molar-refractivity contribution in [1.82, 2.24) is 0 Å². The molecule has 0 aliphatic heterocycles. The van der Waals surface area contributed by atoms with Crippen molar-refractivity contribution in [3.63, 3.8) is 0 Å². The number of phenolic OH excluding ortho intramolecular Hbond substituents is 1. The lowest BCUT2D eigenvalue weighted by atomic mass is 10.1. The largest absolute Gasteiger partial charge is 0.508 e. The van der Waals surface area contributed by atoms with Crippen molar-refractivity contribution < 1.29 is 9.90 Å². The Morgan fingerprint density at radius 3 is 2.20 bits per heavy atom. The van der Waals surface area contributed by atoms with Gasteiger partial charge in [0.2, 0.25) is 5.91 Å². The van der Waals surface area contributed by atoms with Crippen LogP contribution >= 0.6 is 11.8 Å². The first-order valence-electron chi connectivity index (χ1n) is 8.00. The molecule has 0 bridgehead atoms. The zero-order valence-corrected chi connectivity index (χ0v) is 14.7. The van der Waals surface area contributed by atoms with E-state index in [1.807, 2.05) is 73.7 Å². The summed E-state index contributed by atoms with van der Waals surface area (Å²) >= 11 is 1.46. The molecule has 0 fully saturated rings. The van der Waals surface area contributed by atoms with Crippen LogP contribution in [-0.4, -0.2) is 11.0 Å². The number of hydrogen-bond donors (Lipinski definition) is 2. The van der Waals surface area contributed by atoms with E-state index in [0.29, 0.717) is 0 Å². The number of phenols is 1. The summed E-state index contributed by atoms with van der Waals surface area (Å²) < 4.78 is 0. The van der Waals surface area contributed by atoms with Crippen LogP contribution in [0.15, 0.2) is 83.8 Å².